The Morgan fingerprint density at radius 2 is 1.50 bits per heavy atom. The summed E-state index contributed by atoms with van der Waals surface area (Å²) >= 11 is 9.57. The third kappa shape index (κ3) is 6.92. The zero-order valence-electron chi connectivity index (χ0n) is 17.7. The average Bonchev–Trinajstić information content (AvgIpc) is 2.67. The van der Waals surface area contributed by atoms with Crippen LogP contribution in [0.15, 0.2) is 34.8 Å². The van der Waals surface area contributed by atoms with Gasteiger partial charge in [-0.2, -0.15) is 0 Å². The largest absolute Gasteiger partial charge is 0.484 e. The van der Waals surface area contributed by atoms with E-state index in [1.165, 1.54) is 0 Å². The summed E-state index contributed by atoms with van der Waals surface area (Å²) in [5, 5.41) is 0.666. The van der Waals surface area contributed by atoms with Gasteiger partial charge < -0.3 is 9.47 Å². The van der Waals surface area contributed by atoms with Crippen LogP contribution in [0.25, 0.3) is 0 Å². The van der Waals surface area contributed by atoms with Crippen molar-refractivity contribution in [3.63, 3.8) is 0 Å². The molecule has 2 N–H and O–H groups in total. The summed E-state index contributed by atoms with van der Waals surface area (Å²) < 4.78 is 12.0. The lowest BCUT2D eigenvalue weighted by molar-refractivity contribution is -0.131. The van der Waals surface area contributed by atoms with Gasteiger partial charge in [-0.3, -0.25) is 20.4 Å². The molecule has 8 heteroatoms. The van der Waals surface area contributed by atoms with E-state index in [1.54, 1.807) is 18.2 Å². The minimum Gasteiger partial charge on any atom is -0.484 e. The Bertz CT molecular complexity index is 918. The maximum Gasteiger partial charge on any atom is 0.276 e. The van der Waals surface area contributed by atoms with Gasteiger partial charge in [0.15, 0.2) is 13.2 Å². The molecule has 0 heterocycles. The highest BCUT2D eigenvalue weighted by Gasteiger charge is 2.20. The molecule has 2 amide bonds. The van der Waals surface area contributed by atoms with Gasteiger partial charge in [-0.15, -0.1) is 0 Å². The number of ether oxygens (including phenoxy) is 2. The number of carbonyl (C=O) groups is 2. The summed E-state index contributed by atoms with van der Waals surface area (Å²) in [7, 11) is 0. The molecule has 6 nitrogen and oxygen atoms in total. The molecule has 0 atom stereocenters. The van der Waals surface area contributed by atoms with Crippen molar-refractivity contribution in [1.82, 2.24) is 10.9 Å². The van der Waals surface area contributed by atoms with Crippen LogP contribution in [-0.4, -0.2) is 25.0 Å². The first-order valence-corrected chi connectivity index (χ1v) is 10.5. The first kappa shape index (κ1) is 24.0. The fraction of sp³-hybridized carbons (Fsp3) is 0.364. The van der Waals surface area contributed by atoms with Crippen LogP contribution in [0.3, 0.4) is 0 Å². The zero-order chi connectivity index (χ0) is 22.5. The van der Waals surface area contributed by atoms with Gasteiger partial charge in [-0.05, 0) is 60.7 Å². The van der Waals surface area contributed by atoms with Crippen LogP contribution in [0.2, 0.25) is 5.02 Å². The summed E-state index contributed by atoms with van der Waals surface area (Å²) in [5.74, 6) is 0.171. The molecule has 0 aromatic heterocycles. The second-order valence-electron chi connectivity index (χ2n) is 7.94. The Morgan fingerprint density at radius 1 is 0.967 bits per heavy atom. The summed E-state index contributed by atoms with van der Waals surface area (Å²) in [6, 6.07) is 9.12. The molecule has 0 bridgehead atoms. The van der Waals surface area contributed by atoms with Crippen molar-refractivity contribution in [2.45, 2.75) is 40.0 Å². The van der Waals surface area contributed by atoms with Crippen molar-refractivity contribution < 1.29 is 19.1 Å². The van der Waals surface area contributed by atoms with E-state index in [1.807, 2.05) is 26.0 Å². The van der Waals surface area contributed by atoms with Crippen molar-refractivity contribution >= 4 is 39.3 Å². The van der Waals surface area contributed by atoms with Gasteiger partial charge in [-0.1, -0.05) is 48.3 Å². The van der Waals surface area contributed by atoms with Crippen molar-refractivity contribution in [3.05, 3.63) is 56.5 Å². The number of nitrogens with one attached hydrogen (secondary N) is 2. The van der Waals surface area contributed by atoms with E-state index in [0.29, 0.717) is 16.5 Å². The molecule has 0 radical (unpaired) electrons. The molecular formula is C22H26BrClN2O4. The number of hydrogen-bond acceptors (Lipinski definition) is 4. The van der Waals surface area contributed by atoms with Gasteiger partial charge in [0, 0.05) is 15.1 Å². The van der Waals surface area contributed by atoms with Crippen molar-refractivity contribution in [2.24, 2.45) is 0 Å². The highest BCUT2D eigenvalue weighted by molar-refractivity contribution is 9.10. The second-order valence-corrected chi connectivity index (χ2v) is 9.23. The molecule has 0 saturated heterocycles. The lowest BCUT2D eigenvalue weighted by Crippen LogP contribution is -2.45. The van der Waals surface area contributed by atoms with E-state index in [2.05, 4.69) is 47.6 Å². The lowest BCUT2D eigenvalue weighted by Gasteiger charge is -2.23. The Kier molecular flexibility index (Phi) is 8.15. The summed E-state index contributed by atoms with van der Waals surface area (Å²) in [5.41, 5.74) is 7.16. The third-order valence-corrected chi connectivity index (χ3v) is 5.32. The predicted octanol–water partition coefficient (Wildman–Crippen LogP) is 4.62. The van der Waals surface area contributed by atoms with Gasteiger partial charge in [0.25, 0.3) is 11.8 Å². The topological polar surface area (TPSA) is 76.7 Å². The quantitative estimate of drug-likeness (QED) is 0.571. The molecular weight excluding hydrogens is 472 g/mol. The van der Waals surface area contributed by atoms with E-state index in [9.17, 15) is 9.59 Å². The molecule has 0 fully saturated rings. The van der Waals surface area contributed by atoms with E-state index in [-0.39, 0.29) is 18.6 Å². The van der Waals surface area contributed by atoms with Crippen molar-refractivity contribution in [3.8, 4) is 11.5 Å². The number of amides is 2. The predicted molar refractivity (Wildman–Crippen MR) is 121 cm³/mol. The van der Waals surface area contributed by atoms with Crippen LogP contribution < -0.4 is 20.3 Å². The second kappa shape index (κ2) is 10.2. The van der Waals surface area contributed by atoms with Gasteiger partial charge in [0.1, 0.15) is 11.5 Å². The van der Waals surface area contributed by atoms with Gasteiger partial charge >= 0.3 is 0 Å². The number of hydrogen-bond donors (Lipinski definition) is 2. The highest BCUT2D eigenvalue weighted by Crippen LogP contribution is 2.33. The molecule has 0 aliphatic carbocycles. The smallest absolute Gasteiger partial charge is 0.276 e. The molecule has 0 unspecified atom stereocenters. The number of aryl methyl sites for hydroxylation is 2. The number of benzene rings is 2. The Morgan fingerprint density at radius 3 is 2.03 bits per heavy atom. The van der Waals surface area contributed by atoms with E-state index >= 15 is 0 Å². The molecule has 0 saturated carbocycles. The third-order valence-electron chi connectivity index (χ3n) is 4.23. The lowest BCUT2D eigenvalue weighted by atomic mass is 9.86. The fourth-order valence-corrected chi connectivity index (χ4v) is 3.18. The van der Waals surface area contributed by atoms with Crippen LogP contribution in [0, 0.1) is 13.8 Å². The van der Waals surface area contributed by atoms with Crippen molar-refractivity contribution in [2.75, 3.05) is 13.2 Å². The van der Waals surface area contributed by atoms with Crippen LogP contribution >= 0.6 is 27.5 Å². The Labute approximate surface area is 190 Å². The summed E-state index contributed by atoms with van der Waals surface area (Å²) in [6.07, 6.45) is 0. The zero-order valence-corrected chi connectivity index (χ0v) is 20.0. The van der Waals surface area contributed by atoms with E-state index in [4.69, 9.17) is 21.1 Å². The number of carbonyl (C=O) groups excluding carboxylic acids is 2. The normalized spacial score (nSPS) is 11.0. The first-order valence-electron chi connectivity index (χ1n) is 9.37. The van der Waals surface area contributed by atoms with E-state index in [0.717, 1.165) is 21.2 Å². The average molecular weight is 498 g/mol. The maximum atomic E-state index is 12.0. The van der Waals surface area contributed by atoms with Crippen LogP contribution in [0.4, 0.5) is 0 Å². The molecule has 0 aliphatic heterocycles. The van der Waals surface area contributed by atoms with Crippen molar-refractivity contribution in [1.29, 1.82) is 0 Å². The summed E-state index contributed by atoms with van der Waals surface area (Å²) in [6.45, 7) is 9.42. The number of halogens is 2. The molecule has 0 spiro atoms. The van der Waals surface area contributed by atoms with Gasteiger partial charge in [-0.25, -0.2) is 0 Å². The molecule has 2 rings (SSSR count). The Hall–Kier alpha value is -2.25. The monoisotopic (exact) mass is 496 g/mol. The van der Waals surface area contributed by atoms with Gasteiger partial charge in [0.05, 0.1) is 0 Å². The first-order chi connectivity index (χ1) is 14.0. The standard InChI is InChI=1S/C22H26BrClN2O4/c1-13-8-16(9-14(2)21(13)24)29-11-19(27)25-26-20(28)12-30-18-7-6-15(23)10-17(18)22(3,4)5/h6-10H,11-12H2,1-5H3,(H,25,27)(H,26,28). The molecule has 0 aliphatic rings. The number of rotatable bonds is 6. The minimum atomic E-state index is -0.493. The van der Waals surface area contributed by atoms with Crippen LogP contribution in [0.1, 0.15) is 37.5 Å². The SMILES string of the molecule is Cc1cc(OCC(=O)NNC(=O)COc2ccc(Br)cc2C(C)(C)C)cc(C)c1Cl. The van der Waals surface area contributed by atoms with Crippen LogP contribution in [-0.2, 0) is 15.0 Å². The fourth-order valence-electron chi connectivity index (χ4n) is 2.71. The summed E-state index contributed by atoms with van der Waals surface area (Å²) in [4.78, 5) is 24.0. The molecule has 162 valence electrons. The Balaban J connectivity index is 1.82. The minimum absolute atomic E-state index is 0.153. The molecule has 2 aromatic rings. The molecule has 30 heavy (non-hydrogen) atoms. The number of hydrazine groups is 1. The maximum absolute atomic E-state index is 12.0. The van der Waals surface area contributed by atoms with E-state index < -0.39 is 11.8 Å². The highest BCUT2D eigenvalue weighted by atomic mass is 79.9. The van der Waals surface area contributed by atoms with Gasteiger partial charge in [0.2, 0.25) is 0 Å². The molecule has 2 aromatic carbocycles. The van der Waals surface area contributed by atoms with Crippen LogP contribution in [0.5, 0.6) is 11.5 Å².